The van der Waals surface area contributed by atoms with Crippen molar-refractivity contribution < 1.29 is 27.1 Å². The molecule has 3 aromatic rings. The Labute approximate surface area is 207 Å². The molecule has 2 N–H and O–H groups in total. The molecule has 2 unspecified atom stereocenters. The van der Waals surface area contributed by atoms with Gasteiger partial charge in [-0.2, -0.15) is 0 Å². The van der Waals surface area contributed by atoms with Gasteiger partial charge in [0.25, 0.3) is 11.8 Å². The van der Waals surface area contributed by atoms with Crippen molar-refractivity contribution in [2.45, 2.75) is 17.9 Å². The molecule has 4 heterocycles. The second kappa shape index (κ2) is 9.03. The number of amides is 2. The van der Waals surface area contributed by atoms with Crippen LogP contribution in [0.3, 0.4) is 0 Å². The molecule has 2 amide bonds. The summed E-state index contributed by atoms with van der Waals surface area (Å²) < 4.78 is 50.2. The summed E-state index contributed by atoms with van der Waals surface area (Å²) in [5.74, 6) is -1.65. The van der Waals surface area contributed by atoms with Crippen molar-refractivity contribution in [3.8, 4) is 5.75 Å². The number of carbonyl (C=O) groups is 2. The number of fused-ring (bicyclic) bond motifs is 2. The van der Waals surface area contributed by atoms with Crippen molar-refractivity contribution in [1.29, 1.82) is 0 Å². The van der Waals surface area contributed by atoms with Gasteiger partial charge < -0.3 is 19.5 Å². The summed E-state index contributed by atoms with van der Waals surface area (Å²) >= 11 is 0. The van der Waals surface area contributed by atoms with Gasteiger partial charge in [-0.25, -0.2) is 17.5 Å². The molecule has 2 aromatic heterocycles. The standard InChI is InChI=1S/C24H24FN5O5S/c1-14-8-17(5-6-18(14)25)27-23(31)21-22-20(12-29(21)2)36(33,34)28-19-11-30(10-16(19)13-35-22)24(32)15-4-3-7-26-9-15/h3-9,12,16,19,28H,10-11,13H2,1-2H3,(H,27,31). The number of rotatable bonds is 3. The number of carbonyl (C=O) groups excluding carboxylic acids is 2. The smallest absolute Gasteiger partial charge is 0.276 e. The number of hydrogen-bond acceptors (Lipinski definition) is 6. The van der Waals surface area contributed by atoms with Crippen LogP contribution in [0.25, 0.3) is 0 Å². The lowest BCUT2D eigenvalue weighted by molar-refractivity contribution is 0.0781. The van der Waals surface area contributed by atoms with Gasteiger partial charge in [0.05, 0.1) is 12.2 Å². The Hall–Kier alpha value is -3.77. The fourth-order valence-corrected chi connectivity index (χ4v) is 6.04. The van der Waals surface area contributed by atoms with Crippen molar-refractivity contribution in [3.63, 3.8) is 0 Å². The quantitative estimate of drug-likeness (QED) is 0.552. The Bertz CT molecular complexity index is 1460. The van der Waals surface area contributed by atoms with E-state index in [-0.39, 0.29) is 47.9 Å². The van der Waals surface area contributed by atoms with E-state index in [1.807, 2.05) is 0 Å². The van der Waals surface area contributed by atoms with E-state index in [1.54, 1.807) is 37.2 Å². The SMILES string of the molecule is Cc1cc(NC(=O)c2c3c(cn2C)S(=O)(=O)NC2CN(C(=O)c4cccnc4)CC2CO3)ccc1F. The lowest BCUT2D eigenvalue weighted by Crippen LogP contribution is -2.43. The van der Waals surface area contributed by atoms with Crippen molar-refractivity contribution in [2.24, 2.45) is 13.0 Å². The molecular weight excluding hydrogens is 489 g/mol. The third-order valence-electron chi connectivity index (χ3n) is 6.41. The van der Waals surface area contributed by atoms with Crippen molar-refractivity contribution in [3.05, 3.63) is 71.6 Å². The van der Waals surface area contributed by atoms with Crippen LogP contribution in [0.15, 0.2) is 53.8 Å². The fraction of sp³-hybridized carbons (Fsp3) is 0.292. The van der Waals surface area contributed by atoms with Crippen molar-refractivity contribution in [1.82, 2.24) is 19.2 Å². The highest BCUT2D eigenvalue weighted by Crippen LogP contribution is 2.35. The number of aromatic nitrogens is 2. The van der Waals surface area contributed by atoms with E-state index in [9.17, 15) is 22.4 Å². The maximum Gasteiger partial charge on any atom is 0.276 e. The molecule has 0 radical (unpaired) electrons. The third kappa shape index (κ3) is 4.33. The van der Waals surface area contributed by atoms with Crippen LogP contribution in [-0.4, -0.2) is 60.4 Å². The van der Waals surface area contributed by atoms with Gasteiger partial charge in [0.1, 0.15) is 10.7 Å². The summed E-state index contributed by atoms with van der Waals surface area (Å²) in [6.45, 7) is 2.13. The number of pyridine rings is 1. The van der Waals surface area contributed by atoms with Gasteiger partial charge in [-0.3, -0.25) is 14.6 Å². The first-order valence-electron chi connectivity index (χ1n) is 11.3. The summed E-state index contributed by atoms with van der Waals surface area (Å²) in [4.78, 5) is 31.4. The van der Waals surface area contributed by atoms with Crippen LogP contribution in [0.2, 0.25) is 0 Å². The number of aryl methyl sites for hydroxylation is 2. The molecule has 10 nitrogen and oxygen atoms in total. The predicted octanol–water partition coefficient (Wildman–Crippen LogP) is 1.93. The largest absolute Gasteiger partial charge is 0.489 e. The van der Waals surface area contributed by atoms with E-state index in [2.05, 4.69) is 15.0 Å². The number of ether oxygens (including phenoxy) is 1. The van der Waals surface area contributed by atoms with Crippen LogP contribution in [0.1, 0.15) is 26.4 Å². The number of hydrogen-bond donors (Lipinski definition) is 2. The minimum atomic E-state index is -4.07. The van der Waals surface area contributed by atoms with Crippen LogP contribution < -0.4 is 14.8 Å². The molecule has 36 heavy (non-hydrogen) atoms. The molecule has 188 valence electrons. The van der Waals surface area contributed by atoms with E-state index in [1.165, 1.54) is 35.2 Å². The van der Waals surface area contributed by atoms with E-state index in [0.717, 1.165) is 0 Å². The van der Waals surface area contributed by atoms with Crippen molar-refractivity contribution >= 4 is 27.5 Å². The molecule has 5 rings (SSSR count). The number of halogens is 1. The van der Waals surface area contributed by atoms with Crippen LogP contribution in [0, 0.1) is 18.7 Å². The molecule has 0 aliphatic carbocycles. The molecule has 1 saturated heterocycles. The molecule has 1 fully saturated rings. The fourth-order valence-electron chi connectivity index (χ4n) is 4.55. The van der Waals surface area contributed by atoms with Crippen LogP contribution in [-0.2, 0) is 17.1 Å². The van der Waals surface area contributed by atoms with Gasteiger partial charge in [0, 0.05) is 56.4 Å². The summed E-state index contributed by atoms with van der Waals surface area (Å²) in [5, 5.41) is 2.67. The first kappa shape index (κ1) is 23.9. The summed E-state index contributed by atoms with van der Waals surface area (Å²) in [6, 6.07) is 6.90. The Morgan fingerprint density at radius 3 is 2.78 bits per heavy atom. The molecule has 2 aliphatic rings. The minimum Gasteiger partial charge on any atom is -0.489 e. The first-order chi connectivity index (χ1) is 17.1. The zero-order chi connectivity index (χ0) is 25.6. The van der Waals surface area contributed by atoms with Crippen LogP contribution in [0.4, 0.5) is 10.1 Å². The highest BCUT2D eigenvalue weighted by Gasteiger charge is 2.42. The second-order valence-electron chi connectivity index (χ2n) is 8.95. The van der Waals surface area contributed by atoms with Gasteiger partial charge in [-0.1, -0.05) is 0 Å². The summed E-state index contributed by atoms with van der Waals surface area (Å²) in [6.07, 6.45) is 4.35. The van der Waals surface area contributed by atoms with E-state index in [4.69, 9.17) is 4.74 Å². The molecule has 0 saturated carbocycles. The average molecular weight is 514 g/mol. The van der Waals surface area contributed by atoms with Crippen LogP contribution in [0.5, 0.6) is 5.75 Å². The minimum absolute atomic E-state index is 0.0112. The highest BCUT2D eigenvalue weighted by atomic mass is 32.2. The van der Waals surface area contributed by atoms with Gasteiger partial charge in [0.15, 0.2) is 11.4 Å². The van der Waals surface area contributed by atoms with Gasteiger partial charge in [-0.15, -0.1) is 0 Å². The maximum absolute atomic E-state index is 13.6. The monoisotopic (exact) mass is 513 g/mol. The van der Waals surface area contributed by atoms with E-state index < -0.39 is 27.8 Å². The Morgan fingerprint density at radius 1 is 1.25 bits per heavy atom. The van der Waals surface area contributed by atoms with Gasteiger partial charge in [0.2, 0.25) is 10.0 Å². The lowest BCUT2D eigenvalue weighted by Gasteiger charge is -2.23. The summed E-state index contributed by atoms with van der Waals surface area (Å²) in [7, 11) is -2.52. The highest BCUT2D eigenvalue weighted by molar-refractivity contribution is 7.89. The third-order valence-corrected chi connectivity index (χ3v) is 7.89. The zero-order valence-electron chi connectivity index (χ0n) is 19.6. The second-order valence-corrected chi connectivity index (χ2v) is 10.6. The Balaban J connectivity index is 1.41. The summed E-state index contributed by atoms with van der Waals surface area (Å²) in [5.41, 5.74) is 1.14. The lowest BCUT2D eigenvalue weighted by atomic mass is 10.1. The number of sulfonamides is 1. The maximum atomic E-state index is 13.6. The Kier molecular flexibility index (Phi) is 6.00. The topological polar surface area (TPSA) is 123 Å². The first-order valence-corrected chi connectivity index (χ1v) is 12.7. The van der Waals surface area contributed by atoms with E-state index in [0.29, 0.717) is 16.8 Å². The molecule has 0 spiro atoms. The predicted molar refractivity (Wildman–Crippen MR) is 128 cm³/mol. The molecule has 1 aromatic carbocycles. The van der Waals surface area contributed by atoms with Crippen molar-refractivity contribution in [2.75, 3.05) is 25.0 Å². The normalized spacial score (nSPS) is 20.5. The van der Waals surface area contributed by atoms with Crippen LogP contribution >= 0.6 is 0 Å². The number of anilines is 1. The molecule has 0 bridgehead atoms. The van der Waals surface area contributed by atoms with E-state index >= 15 is 0 Å². The number of likely N-dealkylation sites (tertiary alicyclic amines) is 1. The van der Waals surface area contributed by atoms with Gasteiger partial charge in [-0.05, 0) is 42.8 Å². The molecule has 2 atom stereocenters. The number of benzene rings is 1. The molecule has 2 aliphatic heterocycles. The molecule has 12 heteroatoms. The Morgan fingerprint density at radius 2 is 2.06 bits per heavy atom. The molecular formula is C24H24FN5O5S. The number of nitrogens with zero attached hydrogens (tertiary/aromatic N) is 3. The van der Waals surface area contributed by atoms with Gasteiger partial charge >= 0.3 is 0 Å². The zero-order valence-corrected chi connectivity index (χ0v) is 20.4. The average Bonchev–Trinajstić information content (AvgIpc) is 3.39. The number of nitrogens with one attached hydrogen (secondary N) is 2.